The van der Waals surface area contributed by atoms with Crippen LogP contribution in [0.25, 0.3) is 54.0 Å². The smallest absolute Gasteiger partial charge is 0.0701 e. The van der Waals surface area contributed by atoms with Gasteiger partial charge in [-0.25, -0.2) is 0 Å². The summed E-state index contributed by atoms with van der Waals surface area (Å²) in [5.74, 6) is 0. The molecule has 0 bridgehead atoms. The molecule has 0 saturated heterocycles. The third kappa shape index (κ3) is 2.60. The lowest BCUT2D eigenvalue weighted by molar-refractivity contribution is 1.41. The zero-order chi connectivity index (χ0) is 19.9. The first-order valence-corrected chi connectivity index (χ1v) is 10.2. The van der Waals surface area contributed by atoms with E-state index in [2.05, 4.69) is 89.9 Å². The minimum absolute atomic E-state index is 1.06. The average molecular weight is 381 g/mol. The topological polar surface area (TPSA) is 12.9 Å². The van der Waals surface area contributed by atoms with Crippen LogP contribution in [0.5, 0.6) is 0 Å². The fourth-order valence-corrected chi connectivity index (χ4v) is 4.60. The van der Waals surface area contributed by atoms with Gasteiger partial charge in [0.1, 0.15) is 0 Å². The van der Waals surface area contributed by atoms with Crippen LogP contribution in [0.3, 0.4) is 0 Å². The molecule has 0 unspecified atom stereocenters. The molecule has 0 amide bonds. The van der Waals surface area contributed by atoms with Crippen molar-refractivity contribution in [2.45, 2.75) is 0 Å². The van der Waals surface area contributed by atoms with E-state index in [0.29, 0.717) is 0 Å². The van der Waals surface area contributed by atoms with Crippen molar-refractivity contribution < 1.29 is 0 Å². The summed E-state index contributed by atoms with van der Waals surface area (Å²) in [5, 5.41) is 12.1. The maximum absolute atomic E-state index is 4.18. The van der Waals surface area contributed by atoms with E-state index in [9.17, 15) is 0 Å². The molecule has 0 radical (unpaired) electrons. The summed E-state index contributed by atoms with van der Waals surface area (Å²) in [7, 11) is 0. The van der Waals surface area contributed by atoms with Crippen molar-refractivity contribution in [1.29, 1.82) is 0 Å². The maximum Gasteiger partial charge on any atom is 0.0701 e. The third-order valence-corrected chi connectivity index (χ3v) is 5.90. The lowest BCUT2D eigenvalue weighted by atomic mass is 9.90. The summed E-state index contributed by atoms with van der Waals surface area (Å²) >= 11 is 0. The molecule has 0 aliphatic carbocycles. The summed E-state index contributed by atoms with van der Waals surface area (Å²) in [6.45, 7) is 0. The largest absolute Gasteiger partial charge is 0.256 e. The third-order valence-electron chi connectivity index (χ3n) is 5.90. The van der Waals surface area contributed by atoms with Gasteiger partial charge in [0.2, 0.25) is 0 Å². The Balaban J connectivity index is 0.000000147. The molecule has 0 aliphatic rings. The second kappa shape index (κ2) is 6.82. The summed E-state index contributed by atoms with van der Waals surface area (Å²) in [6.07, 6.45) is 1.81. The van der Waals surface area contributed by atoms with E-state index in [-0.39, 0.29) is 0 Å². The number of hydrogen-bond acceptors (Lipinski definition) is 1. The minimum atomic E-state index is 1.06. The zero-order valence-corrected chi connectivity index (χ0v) is 16.4. The molecular formula is C29H19N. The summed E-state index contributed by atoms with van der Waals surface area (Å²) in [6, 6.07) is 38.5. The number of para-hydroxylation sites is 1. The maximum atomic E-state index is 4.18. The van der Waals surface area contributed by atoms with Crippen LogP contribution < -0.4 is 0 Å². The van der Waals surface area contributed by atoms with Gasteiger partial charge in [-0.2, -0.15) is 0 Å². The molecule has 0 saturated carbocycles. The van der Waals surface area contributed by atoms with Crippen LogP contribution >= 0.6 is 0 Å². The molecule has 7 aromatic rings. The van der Waals surface area contributed by atoms with Crippen LogP contribution in [0.1, 0.15) is 0 Å². The number of aromatic nitrogens is 1. The molecular weight excluding hydrogens is 362 g/mol. The standard InChI is InChI=1S/C20H12.C9H7N/c1-5-13-6-2-11-17-18-12-4-8-14-7-3-10-16(20(14)18)15(9-1)19(13)17;1-2-6-9-8(4-1)5-3-7-10-9/h1-12H;1-7H. The van der Waals surface area contributed by atoms with Crippen molar-refractivity contribution in [3.63, 3.8) is 0 Å². The molecule has 6 aromatic carbocycles. The van der Waals surface area contributed by atoms with Gasteiger partial charge in [-0.05, 0) is 55.2 Å². The Morgan fingerprint density at radius 3 is 1.30 bits per heavy atom. The molecule has 7 rings (SSSR count). The fourth-order valence-electron chi connectivity index (χ4n) is 4.60. The lowest BCUT2D eigenvalue weighted by Gasteiger charge is -2.13. The van der Waals surface area contributed by atoms with E-state index in [0.717, 1.165) is 5.52 Å². The van der Waals surface area contributed by atoms with E-state index in [1.807, 2.05) is 30.5 Å². The van der Waals surface area contributed by atoms with E-state index in [1.54, 1.807) is 0 Å². The monoisotopic (exact) mass is 381 g/mol. The number of hydrogen-bond donors (Lipinski definition) is 0. The normalized spacial score (nSPS) is 11.3. The van der Waals surface area contributed by atoms with Gasteiger partial charge in [0.25, 0.3) is 0 Å². The SMILES string of the molecule is c1cc2cccc3c4cccc5cccc(c(c1)c23)c54.c1ccc2ncccc2c1. The summed E-state index contributed by atoms with van der Waals surface area (Å²) < 4.78 is 0. The Bertz CT molecular complexity index is 1410. The number of benzene rings is 6. The molecule has 1 aromatic heterocycles. The molecule has 1 heteroatoms. The summed E-state index contributed by atoms with van der Waals surface area (Å²) in [4.78, 5) is 4.18. The van der Waals surface area contributed by atoms with Crippen molar-refractivity contribution in [3.8, 4) is 0 Å². The van der Waals surface area contributed by atoms with Crippen molar-refractivity contribution >= 4 is 54.0 Å². The zero-order valence-electron chi connectivity index (χ0n) is 16.4. The van der Waals surface area contributed by atoms with E-state index >= 15 is 0 Å². The average Bonchev–Trinajstić information content (AvgIpc) is 2.83. The lowest BCUT2D eigenvalue weighted by Crippen LogP contribution is -1.85. The van der Waals surface area contributed by atoms with Crippen molar-refractivity contribution in [1.82, 2.24) is 4.98 Å². The highest BCUT2D eigenvalue weighted by atomic mass is 14.6. The molecule has 0 fully saturated rings. The van der Waals surface area contributed by atoms with E-state index in [4.69, 9.17) is 0 Å². The summed E-state index contributed by atoms with van der Waals surface area (Å²) in [5.41, 5.74) is 1.06. The van der Waals surface area contributed by atoms with E-state index in [1.165, 1.54) is 48.5 Å². The Morgan fingerprint density at radius 1 is 0.367 bits per heavy atom. The van der Waals surface area contributed by atoms with Crippen molar-refractivity contribution in [3.05, 3.63) is 115 Å². The van der Waals surface area contributed by atoms with Gasteiger partial charge in [-0.1, -0.05) is 97.1 Å². The first kappa shape index (κ1) is 16.9. The van der Waals surface area contributed by atoms with Gasteiger partial charge in [-0.3, -0.25) is 4.98 Å². The minimum Gasteiger partial charge on any atom is -0.256 e. The van der Waals surface area contributed by atoms with Crippen LogP contribution in [0.15, 0.2) is 115 Å². The molecule has 1 heterocycles. The number of fused-ring (bicyclic) bond motifs is 3. The van der Waals surface area contributed by atoms with Crippen LogP contribution in [-0.2, 0) is 0 Å². The van der Waals surface area contributed by atoms with Crippen LogP contribution in [0.4, 0.5) is 0 Å². The molecule has 0 atom stereocenters. The highest BCUT2D eigenvalue weighted by molar-refractivity contribution is 6.32. The quantitative estimate of drug-likeness (QED) is 0.192. The van der Waals surface area contributed by atoms with Crippen LogP contribution in [-0.4, -0.2) is 4.98 Å². The molecule has 140 valence electrons. The number of pyridine rings is 1. The van der Waals surface area contributed by atoms with Gasteiger partial charge in [-0.15, -0.1) is 0 Å². The van der Waals surface area contributed by atoms with Gasteiger partial charge in [0.15, 0.2) is 0 Å². The number of nitrogens with zero attached hydrogens (tertiary/aromatic N) is 1. The molecule has 0 aliphatic heterocycles. The van der Waals surface area contributed by atoms with E-state index < -0.39 is 0 Å². The van der Waals surface area contributed by atoms with Gasteiger partial charge in [0.05, 0.1) is 5.52 Å². The molecule has 1 nitrogen and oxygen atoms in total. The van der Waals surface area contributed by atoms with Crippen molar-refractivity contribution in [2.24, 2.45) is 0 Å². The predicted molar refractivity (Wildman–Crippen MR) is 129 cm³/mol. The molecule has 0 N–H and O–H groups in total. The molecule has 0 spiro atoms. The molecule has 30 heavy (non-hydrogen) atoms. The first-order valence-electron chi connectivity index (χ1n) is 10.2. The van der Waals surface area contributed by atoms with Gasteiger partial charge in [0, 0.05) is 11.6 Å². The van der Waals surface area contributed by atoms with Crippen molar-refractivity contribution in [2.75, 3.05) is 0 Å². The highest BCUT2D eigenvalue weighted by Gasteiger charge is 2.11. The Hall–Kier alpha value is -3.97. The second-order valence-electron chi connectivity index (χ2n) is 7.61. The first-order chi connectivity index (χ1) is 14.9. The number of rotatable bonds is 0. The Kier molecular flexibility index (Phi) is 3.85. The predicted octanol–water partition coefficient (Wildman–Crippen LogP) is 7.97. The van der Waals surface area contributed by atoms with Crippen LogP contribution in [0.2, 0.25) is 0 Å². The fraction of sp³-hybridized carbons (Fsp3) is 0. The highest BCUT2D eigenvalue weighted by Crippen LogP contribution is 2.39. The van der Waals surface area contributed by atoms with Crippen LogP contribution in [0, 0.1) is 0 Å². The Morgan fingerprint density at radius 2 is 0.800 bits per heavy atom. The van der Waals surface area contributed by atoms with Gasteiger partial charge < -0.3 is 0 Å². The Labute approximate surface area is 174 Å². The second-order valence-corrected chi connectivity index (χ2v) is 7.61. The van der Waals surface area contributed by atoms with Gasteiger partial charge >= 0.3 is 0 Å².